The summed E-state index contributed by atoms with van der Waals surface area (Å²) in [4.78, 5) is 0.291. The highest BCUT2D eigenvalue weighted by Crippen LogP contribution is 2.10. The van der Waals surface area contributed by atoms with Crippen LogP contribution in [0.15, 0.2) is 29.2 Å². The van der Waals surface area contributed by atoms with E-state index in [4.69, 9.17) is 4.74 Å². The Hall–Kier alpha value is -0.950. The van der Waals surface area contributed by atoms with E-state index < -0.39 is 10.0 Å². The molecule has 1 rings (SSSR count). The molecule has 0 heterocycles. The lowest BCUT2D eigenvalue weighted by Gasteiger charge is -2.07. The van der Waals surface area contributed by atoms with Gasteiger partial charge in [0, 0.05) is 13.7 Å². The normalized spacial score (nSPS) is 11.7. The zero-order valence-electron chi connectivity index (χ0n) is 12.2. The molecular weight excluding hydrogens is 276 g/mol. The Morgan fingerprint density at radius 1 is 1.10 bits per heavy atom. The summed E-state index contributed by atoms with van der Waals surface area (Å²) in [5.41, 5.74) is 1.13. The van der Waals surface area contributed by atoms with Crippen molar-refractivity contribution in [2.75, 3.05) is 33.4 Å². The molecule has 20 heavy (non-hydrogen) atoms. The highest BCUT2D eigenvalue weighted by atomic mass is 32.2. The third-order valence-corrected chi connectivity index (χ3v) is 4.33. The lowest BCUT2D eigenvalue weighted by Crippen LogP contribution is -2.27. The van der Waals surface area contributed by atoms with Crippen LogP contribution in [0.2, 0.25) is 0 Å². The van der Waals surface area contributed by atoms with Crippen LogP contribution >= 0.6 is 0 Å². The van der Waals surface area contributed by atoms with Gasteiger partial charge in [0.1, 0.15) is 0 Å². The highest BCUT2D eigenvalue weighted by molar-refractivity contribution is 7.89. The van der Waals surface area contributed by atoms with Crippen LogP contribution in [0.3, 0.4) is 0 Å². The molecule has 0 saturated heterocycles. The molecule has 0 aliphatic heterocycles. The molecule has 0 atom stereocenters. The Morgan fingerprint density at radius 2 is 1.80 bits per heavy atom. The lowest BCUT2D eigenvalue weighted by molar-refractivity contribution is 0.204. The third-order valence-electron chi connectivity index (χ3n) is 2.85. The Morgan fingerprint density at radius 3 is 2.40 bits per heavy atom. The number of sulfonamides is 1. The molecular formula is C14H24N2O3S. The Balaban J connectivity index is 2.52. The smallest absolute Gasteiger partial charge is 0.240 e. The van der Waals surface area contributed by atoms with Crippen molar-refractivity contribution in [2.24, 2.45) is 0 Å². The van der Waals surface area contributed by atoms with Gasteiger partial charge in [0.25, 0.3) is 0 Å². The first-order valence-electron chi connectivity index (χ1n) is 6.88. The fourth-order valence-electron chi connectivity index (χ4n) is 1.73. The number of hydrogen-bond donors (Lipinski definition) is 2. The lowest BCUT2D eigenvalue weighted by atomic mass is 10.1. The van der Waals surface area contributed by atoms with Gasteiger partial charge in [-0.15, -0.1) is 0 Å². The van der Waals surface area contributed by atoms with E-state index >= 15 is 0 Å². The molecule has 1 aromatic carbocycles. The Bertz CT molecular complexity index is 472. The van der Waals surface area contributed by atoms with E-state index in [1.54, 1.807) is 12.1 Å². The first-order chi connectivity index (χ1) is 9.60. The summed E-state index contributed by atoms with van der Waals surface area (Å²) >= 11 is 0. The molecule has 0 unspecified atom stereocenters. The quantitative estimate of drug-likeness (QED) is 0.636. The van der Waals surface area contributed by atoms with Gasteiger partial charge in [-0.3, -0.25) is 0 Å². The summed E-state index contributed by atoms with van der Waals surface area (Å²) in [6.07, 6.45) is 2.02. The second-order valence-electron chi connectivity index (χ2n) is 4.53. The molecule has 0 radical (unpaired) electrons. The molecule has 114 valence electrons. The summed E-state index contributed by atoms with van der Waals surface area (Å²) in [6, 6.07) is 7.01. The third kappa shape index (κ3) is 6.00. The standard InChI is InChI=1S/C14H24N2O3S/c1-3-9-15-10-8-13-4-6-14(7-5-13)20(17,18)16-11-12-19-2/h4-7,15-16H,3,8-12H2,1-2H3. The average molecular weight is 300 g/mol. The van der Waals surface area contributed by atoms with Crippen LogP contribution in [-0.4, -0.2) is 41.8 Å². The minimum absolute atomic E-state index is 0.279. The summed E-state index contributed by atoms with van der Waals surface area (Å²) in [6.45, 7) is 4.69. The van der Waals surface area contributed by atoms with Crippen molar-refractivity contribution in [3.05, 3.63) is 29.8 Å². The van der Waals surface area contributed by atoms with E-state index in [0.29, 0.717) is 11.5 Å². The van der Waals surface area contributed by atoms with E-state index in [2.05, 4.69) is 17.0 Å². The molecule has 0 saturated carbocycles. The van der Waals surface area contributed by atoms with Crippen LogP contribution in [-0.2, 0) is 21.2 Å². The van der Waals surface area contributed by atoms with Crippen molar-refractivity contribution in [1.29, 1.82) is 0 Å². The molecule has 6 heteroatoms. The fraction of sp³-hybridized carbons (Fsp3) is 0.571. The van der Waals surface area contributed by atoms with Gasteiger partial charge in [-0.25, -0.2) is 13.1 Å². The maximum Gasteiger partial charge on any atom is 0.240 e. The Kier molecular flexibility index (Phi) is 7.76. The number of methoxy groups -OCH3 is 1. The van der Waals surface area contributed by atoms with Gasteiger partial charge in [-0.1, -0.05) is 19.1 Å². The van der Waals surface area contributed by atoms with Gasteiger partial charge < -0.3 is 10.1 Å². The number of rotatable bonds is 10. The number of ether oxygens (including phenoxy) is 1. The van der Waals surface area contributed by atoms with Crippen molar-refractivity contribution in [2.45, 2.75) is 24.7 Å². The first kappa shape index (κ1) is 17.1. The van der Waals surface area contributed by atoms with Crippen LogP contribution < -0.4 is 10.0 Å². The van der Waals surface area contributed by atoms with Crippen molar-refractivity contribution < 1.29 is 13.2 Å². The van der Waals surface area contributed by atoms with Crippen LogP contribution in [0.25, 0.3) is 0 Å². The van der Waals surface area contributed by atoms with Crippen LogP contribution in [0, 0.1) is 0 Å². The summed E-state index contributed by atoms with van der Waals surface area (Å²) in [7, 11) is -1.89. The Labute approximate surface area is 121 Å². The second-order valence-corrected chi connectivity index (χ2v) is 6.30. The van der Waals surface area contributed by atoms with Crippen LogP contribution in [0.1, 0.15) is 18.9 Å². The molecule has 0 aliphatic rings. The zero-order valence-corrected chi connectivity index (χ0v) is 13.0. The van der Waals surface area contributed by atoms with Crippen molar-refractivity contribution >= 4 is 10.0 Å². The van der Waals surface area contributed by atoms with E-state index in [0.717, 1.165) is 31.5 Å². The predicted octanol–water partition coefficient (Wildman–Crippen LogP) is 1.15. The number of benzene rings is 1. The molecule has 0 aromatic heterocycles. The minimum atomic E-state index is -3.42. The van der Waals surface area contributed by atoms with Gasteiger partial charge >= 0.3 is 0 Å². The maximum atomic E-state index is 11.9. The second kappa shape index (κ2) is 9.07. The molecule has 0 fully saturated rings. The van der Waals surface area contributed by atoms with Crippen LogP contribution in [0.5, 0.6) is 0 Å². The van der Waals surface area contributed by atoms with Gasteiger partial charge in [0.05, 0.1) is 11.5 Å². The molecule has 2 N–H and O–H groups in total. The molecule has 1 aromatic rings. The molecule has 0 bridgehead atoms. The van der Waals surface area contributed by atoms with E-state index in [1.165, 1.54) is 7.11 Å². The monoisotopic (exact) mass is 300 g/mol. The fourth-order valence-corrected chi connectivity index (χ4v) is 2.74. The maximum absolute atomic E-state index is 11.9. The first-order valence-corrected chi connectivity index (χ1v) is 8.36. The van der Waals surface area contributed by atoms with Crippen molar-refractivity contribution in [1.82, 2.24) is 10.0 Å². The molecule has 0 aliphatic carbocycles. The number of hydrogen-bond acceptors (Lipinski definition) is 4. The summed E-state index contributed by atoms with van der Waals surface area (Å²) < 4.78 is 31.2. The minimum Gasteiger partial charge on any atom is -0.383 e. The molecule has 5 nitrogen and oxygen atoms in total. The highest BCUT2D eigenvalue weighted by Gasteiger charge is 2.12. The van der Waals surface area contributed by atoms with Crippen molar-refractivity contribution in [3.8, 4) is 0 Å². The van der Waals surface area contributed by atoms with Gasteiger partial charge in [-0.2, -0.15) is 0 Å². The topological polar surface area (TPSA) is 67.4 Å². The SMILES string of the molecule is CCCNCCc1ccc(S(=O)(=O)NCCOC)cc1. The predicted molar refractivity (Wildman–Crippen MR) is 80.4 cm³/mol. The van der Waals surface area contributed by atoms with Gasteiger partial charge in [0.15, 0.2) is 0 Å². The van der Waals surface area contributed by atoms with E-state index in [1.807, 2.05) is 12.1 Å². The number of nitrogens with one attached hydrogen (secondary N) is 2. The van der Waals surface area contributed by atoms with Gasteiger partial charge in [0.2, 0.25) is 10.0 Å². The molecule has 0 amide bonds. The molecule has 0 spiro atoms. The van der Waals surface area contributed by atoms with E-state index in [9.17, 15) is 8.42 Å². The zero-order chi connectivity index (χ0) is 14.8. The van der Waals surface area contributed by atoms with Gasteiger partial charge in [-0.05, 0) is 43.6 Å². The van der Waals surface area contributed by atoms with E-state index in [-0.39, 0.29) is 6.54 Å². The largest absolute Gasteiger partial charge is 0.383 e. The van der Waals surface area contributed by atoms with Crippen LogP contribution in [0.4, 0.5) is 0 Å². The summed E-state index contributed by atoms with van der Waals surface area (Å²) in [5, 5.41) is 3.32. The average Bonchev–Trinajstić information content (AvgIpc) is 2.44. The van der Waals surface area contributed by atoms with Crippen molar-refractivity contribution in [3.63, 3.8) is 0 Å². The summed E-state index contributed by atoms with van der Waals surface area (Å²) in [5.74, 6) is 0.